The van der Waals surface area contributed by atoms with Gasteiger partial charge in [-0.2, -0.15) is 0 Å². The van der Waals surface area contributed by atoms with E-state index in [1.165, 1.54) is 0 Å². The van der Waals surface area contributed by atoms with Crippen molar-refractivity contribution in [2.24, 2.45) is 0 Å². The number of rotatable bonds is 5. The molecule has 31 heavy (non-hydrogen) atoms. The highest BCUT2D eigenvalue weighted by Crippen LogP contribution is 2.28. The lowest BCUT2D eigenvalue weighted by molar-refractivity contribution is -0.163. The highest BCUT2D eigenvalue weighted by molar-refractivity contribution is 5.84. The average molecular weight is 427 g/mol. The molecule has 0 bridgehead atoms. The maximum Gasteiger partial charge on any atom is 0.408 e. The van der Waals surface area contributed by atoms with Crippen LogP contribution in [0.2, 0.25) is 0 Å². The van der Waals surface area contributed by atoms with Gasteiger partial charge in [-0.1, -0.05) is 24.3 Å². The molecule has 2 aromatic rings. The number of nitrogens with zero attached hydrogens (tertiary/aromatic N) is 1. The van der Waals surface area contributed by atoms with Crippen LogP contribution in [0.1, 0.15) is 64.3 Å². The quantitative estimate of drug-likeness (QED) is 0.709. The van der Waals surface area contributed by atoms with Crippen LogP contribution in [0, 0.1) is 0 Å². The monoisotopic (exact) mass is 426 g/mol. The first kappa shape index (κ1) is 22.7. The second-order valence-electron chi connectivity index (χ2n) is 8.89. The van der Waals surface area contributed by atoms with E-state index in [4.69, 9.17) is 9.47 Å². The summed E-state index contributed by atoms with van der Waals surface area (Å²) >= 11 is 0. The summed E-state index contributed by atoms with van der Waals surface area (Å²) in [5.74, 6) is -0.966. The minimum absolute atomic E-state index is 0.329. The molecule has 0 aliphatic carbocycles. The topological polar surface area (TPSA) is 97.8 Å². The van der Waals surface area contributed by atoms with Crippen molar-refractivity contribution < 1.29 is 24.2 Å². The van der Waals surface area contributed by atoms with Crippen LogP contribution < -0.4 is 5.32 Å². The number of ether oxygens (including phenoxy) is 2. The molecule has 1 fully saturated rings. The molecule has 7 heteroatoms. The molecule has 166 valence electrons. The molecule has 2 N–H and O–H groups in total. The second kappa shape index (κ2) is 9.06. The van der Waals surface area contributed by atoms with Gasteiger partial charge in [0.2, 0.25) is 0 Å². The molecule has 0 radical (unpaired) electrons. The van der Waals surface area contributed by atoms with Crippen LogP contribution in [0.5, 0.6) is 0 Å². The van der Waals surface area contributed by atoms with Gasteiger partial charge < -0.3 is 19.9 Å². The number of hydrogen-bond donors (Lipinski definition) is 2. The molecular formula is C24H30N2O5. The van der Waals surface area contributed by atoms with E-state index in [0.717, 1.165) is 29.3 Å². The molecule has 2 atom stereocenters. The molecular weight excluding hydrogens is 396 g/mol. The van der Waals surface area contributed by atoms with Gasteiger partial charge in [0, 0.05) is 12.0 Å². The normalized spacial score (nSPS) is 20.5. The number of carbonyl (C=O) groups excluding carboxylic acids is 1. The third-order valence-corrected chi connectivity index (χ3v) is 5.12. The average Bonchev–Trinajstić information content (AvgIpc) is 2.70. The Morgan fingerprint density at radius 2 is 2.00 bits per heavy atom. The van der Waals surface area contributed by atoms with E-state index in [1.54, 1.807) is 12.2 Å². The van der Waals surface area contributed by atoms with Crippen molar-refractivity contribution in [2.45, 2.75) is 64.2 Å². The number of nitrogens with one attached hydrogen (secondary N) is 1. The molecule has 1 aromatic carbocycles. The van der Waals surface area contributed by atoms with E-state index in [-0.39, 0.29) is 6.04 Å². The number of hydrogen-bond acceptors (Lipinski definition) is 5. The van der Waals surface area contributed by atoms with Crippen molar-refractivity contribution in [3.05, 3.63) is 47.7 Å². The van der Waals surface area contributed by atoms with E-state index in [0.29, 0.717) is 18.7 Å². The van der Waals surface area contributed by atoms with Crippen molar-refractivity contribution >= 4 is 29.0 Å². The van der Waals surface area contributed by atoms with Crippen LogP contribution in [0.3, 0.4) is 0 Å². The minimum Gasteiger partial charge on any atom is -0.479 e. The highest BCUT2D eigenvalue weighted by Gasteiger charge is 2.38. The standard InChI is InChI=1S/C24H30N2O5/c1-16(25-22(29)31-23(2,3)4)19-10-9-18-8-7-17(15-20(18)26-19)11-13-24(21(27)28)12-5-6-14-30-24/h7-11,13,15-16H,5-6,12,14H2,1-4H3,(H,25,29)(H,27,28)/b13-11+. The molecule has 1 amide bonds. The number of fused-ring (bicyclic) bond motifs is 1. The van der Waals surface area contributed by atoms with Gasteiger partial charge in [0.1, 0.15) is 5.60 Å². The van der Waals surface area contributed by atoms with E-state index in [2.05, 4.69) is 10.3 Å². The summed E-state index contributed by atoms with van der Waals surface area (Å²) < 4.78 is 10.9. The molecule has 1 saturated heterocycles. The van der Waals surface area contributed by atoms with Crippen LogP contribution in [-0.4, -0.2) is 40.0 Å². The predicted octanol–water partition coefficient (Wildman–Crippen LogP) is 4.86. The lowest BCUT2D eigenvalue weighted by atomic mass is 9.92. The van der Waals surface area contributed by atoms with Gasteiger partial charge in [0.25, 0.3) is 0 Å². The van der Waals surface area contributed by atoms with Gasteiger partial charge in [0.15, 0.2) is 5.60 Å². The fourth-order valence-electron chi connectivity index (χ4n) is 3.47. The third kappa shape index (κ3) is 5.82. The lowest BCUT2D eigenvalue weighted by Crippen LogP contribution is -2.42. The van der Waals surface area contributed by atoms with E-state index >= 15 is 0 Å². The smallest absolute Gasteiger partial charge is 0.408 e. The highest BCUT2D eigenvalue weighted by atomic mass is 16.6. The largest absolute Gasteiger partial charge is 0.479 e. The van der Waals surface area contributed by atoms with Gasteiger partial charge >= 0.3 is 12.1 Å². The maximum absolute atomic E-state index is 12.1. The molecule has 1 aliphatic rings. The first-order valence-corrected chi connectivity index (χ1v) is 10.5. The van der Waals surface area contributed by atoms with Gasteiger partial charge in [-0.15, -0.1) is 0 Å². The molecule has 1 aliphatic heterocycles. The fraction of sp³-hybridized carbons (Fsp3) is 0.458. The van der Waals surface area contributed by atoms with Crippen LogP contribution in [0.4, 0.5) is 4.79 Å². The molecule has 3 rings (SSSR count). The summed E-state index contributed by atoms with van der Waals surface area (Å²) in [4.78, 5) is 28.5. The Morgan fingerprint density at radius 3 is 2.65 bits per heavy atom. The summed E-state index contributed by atoms with van der Waals surface area (Å²) in [5.41, 5.74) is 0.453. The van der Waals surface area contributed by atoms with Crippen molar-refractivity contribution in [1.29, 1.82) is 0 Å². The van der Waals surface area contributed by atoms with Crippen molar-refractivity contribution in [1.82, 2.24) is 10.3 Å². The molecule has 0 saturated carbocycles. The number of carbonyl (C=O) groups is 2. The Hall–Kier alpha value is -2.93. The van der Waals surface area contributed by atoms with Crippen LogP contribution in [0.15, 0.2) is 36.4 Å². The van der Waals surface area contributed by atoms with Crippen molar-refractivity contribution in [3.63, 3.8) is 0 Å². The number of amides is 1. The number of carboxylic acid groups (broad SMARTS) is 1. The minimum atomic E-state index is -1.27. The summed E-state index contributed by atoms with van der Waals surface area (Å²) in [6, 6.07) is 9.24. The van der Waals surface area contributed by atoms with E-state index < -0.39 is 23.3 Å². The van der Waals surface area contributed by atoms with Gasteiger partial charge in [-0.25, -0.2) is 9.59 Å². The van der Waals surface area contributed by atoms with Gasteiger partial charge in [-0.05, 0) is 70.7 Å². The first-order chi connectivity index (χ1) is 14.6. The molecule has 1 aromatic heterocycles. The number of aromatic nitrogens is 1. The molecule has 0 spiro atoms. The summed E-state index contributed by atoms with van der Waals surface area (Å²) in [6.45, 7) is 7.73. The Labute approximate surface area is 182 Å². The zero-order valence-corrected chi connectivity index (χ0v) is 18.5. The van der Waals surface area contributed by atoms with Crippen molar-refractivity contribution in [2.75, 3.05) is 6.61 Å². The Morgan fingerprint density at radius 1 is 1.26 bits per heavy atom. The van der Waals surface area contributed by atoms with E-state index in [1.807, 2.05) is 58.0 Å². The molecule has 7 nitrogen and oxygen atoms in total. The maximum atomic E-state index is 12.1. The third-order valence-electron chi connectivity index (χ3n) is 5.12. The predicted molar refractivity (Wildman–Crippen MR) is 119 cm³/mol. The van der Waals surface area contributed by atoms with Crippen LogP contribution >= 0.6 is 0 Å². The Balaban J connectivity index is 1.80. The Bertz CT molecular complexity index is 987. The number of alkyl carbamates (subject to hydrolysis) is 1. The van der Waals surface area contributed by atoms with E-state index in [9.17, 15) is 14.7 Å². The first-order valence-electron chi connectivity index (χ1n) is 10.5. The molecule has 2 unspecified atom stereocenters. The number of benzene rings is 1. The van der Waals surface area contributed by atoms with Crippen molar-refractivity contribution in [3.8, 4) is 0 Å². The lowest BCUT2D eigenvalue weighted by Gasteiger charge is -2.30. The zero-order chi connectivity index (χ0) is 22.6. The van der Waals surface area contributed by atoms with Crippen LogP contribution in [-0.2, 0) is 14.3 Å². The number of carboxylic acids is 1. The van der Waals surface area contributed by atoms with Gasteiger partial charge in [-0.3, -0.25) is 4.98 Å². The summed E-state index contributed by atoms with van der Waals surface area (Å²) in [5, 5.41) is 13.4. The zero-order valence-electron chi connectivity index (χ0n) is 18.5. The fourth-order valence-corrected chi connectivity index (χ4v) is 3.47. The second-order valence-corrected chi connectivity index (χ2v) is 8.89. The SMILES string of the molecule is CC(NC(=O)OC(C)(C)C)c1ccc2ccc(/C=C/C3(C(=O)O)CCCCO3)cc2n1. The number of pyridine rings is 1. The number of aliphatic carboxylic acids is 1. The summed E-state index contributed by atoms with van der Waals surface area (Å²) in [6.07, 6.45) is 5.07. The van der Waals surface area contributed by atoms with Crippen LogP contribution in [0.25, 0.3) is 17.0 Å². The Kier molecular flexibility index (Phi) is 6.65. The summed E-state index contributed by atoms with van der Waals surface area (Å²) in [7, 11) is 0. The molecule has 2 heterocycles. The van der Waals surface area contributed by atoms with Gasteiger partial charge in [0.05, 0.1) is 17.3 Å².